The average molecular weight is 192 g/mol. The van der Waals surface area contributed by atoms with Gasteiger partial charge in [0.15, 0.2) is 0 Å². The molecule has 6 heteroatoms. The van der Waals surface area contributed by atoms with E-state index in [-0.39, 0.29) is 6.04 Å². The number of aryl methyl sites for hydroxylation is 1. The number of hydrogen-bond acceptors (Lipinski definition) is 4. The SMILES string of the molecule is Cn1cnnc1[C@H](N)Cc1cnc[nH]1. The zero-order valence-electron chi connectivity index (χ0n) is 7.88. The van der Waals surface area contributed by atoms with Crippen LogP contribution in [0, 0.1) is 0 Å². The number of nitrogens with zero attached hydrogens (tertiary/aromatic N) is 4. The number of hydrogen-bond donors (Lipinski definition) is 2. The highest BCUT2D eigenvalue weighted by Gasteiger charge is 2.12. The van der Waals surface area contributed by atoms with Crippen molar-refractivity contribution in [2.24, 2.45) is 12.8 Å². The fraction of sp³-hybridized carbons (Fsp3) is 0.375. The van der Waals surface area contributed by atoms with E-state index in [2.05, 4.69) is 20.2 Å². The summed E-state index contributed by atoms with van der Waals surface area (Å²) in [4.78, 5) is 6.93. The summed E-state index contributed by atoms with van der Waals surface area (Å²) in [5, 5.41) is 7.73. The minimum Gasteiger partial charge on any atom is -0.348 e. The van der Waals surface area contributed by atoms with E-state index in [1.807, 2.05) is 11.6 Å². The average Bonchev–Trinajstić information content (AvgIpc) is 2.75. The predicted molar refractivity (Wildman–Crippen MR) is 50.2 cm³/mol. The van der Waals surface area contributed by atoms with Gasteiger partial charge in [-0.05, 0) is 0 Å². The standard InChI is InChI=1S/C8H12N6/c1-14-5-12-13-8(14)7(9)2-6-3-10-4-11-6/h3-5,7H,2,9H2,1H3,(H,10,11)/t7-/m1/s1. The molecular formula is C8H12N6. The van der Waals surface area contributed by atoms with E-state index in [4.69, 9.17) is 5.73 Å². The minimum absolute atomic E-state index is 0.150. The van der Waals surface area contributed by atoms with E-state index in [1.165, 1.54) is 0 Å². The second-order valence-electron chi connectivity index (χ2n) is 3.19. The summed E-state index contributed by atoms with van der Waals surface area (Å²) < 4.78 is 1.82. The van der Waals surface area contributed by atoms with Crippen LogP contribution in [0.1, 0.15) is 17.6 Å². The van der Waals surface area contributed by atoms with E-state index >= 15 is 0 Å². The van der Waals surface area contributed by atoms with Crippen LogP contribution in [0.4, 0.5) is 0 Å². The Morgan fingerprint density at radius 2 is 2.50 bits per heavy atom. The maximum absolute atomic E-state index is 5.96. The summed E-state index contributed by atoms with van der Waals surface area (Å²) in [6, 6.07) is -0.150. The molecule has 0 aliphatic rings. The Morgan fingerprint density at radius 1 is 1.64 bits per heavy atom. The molecule has 0 saturated heterocycles. The first kappa shape index (κ1) is 8.89. The van der Waals surface area contributed by atoms with Crippen molar-refractivity contribution in [2.75, 3.05) is 0 Å². The van der Waals surface area contributed by atoms with Crippen molar-refractivity contribution in [1.82, 2.24) is 24.7 Å². The van der Waals surface area contributed by atoms with E-state index < -0.39 is 0 Å². The maximum atomic E-state index is 5.96. The van der Waals surface area contributed by atoms with Gasteiger partial charge in [-0.3, -0.25) is 0 Å². The lowest BCUT2D eigenvalue weighted by molar-refractivity contribution is 0.623. The smallest absolute Gasteiger partial charge is 0.149 e. The van der Waals surface area contributed by atoms with Crippen molar-refractivity contribution in [3.05, 3.63) is 30.4 Å². The van der Waals surface area contributed by atoms with Gasteiger partial charge in [0.05, 0.1) is 12.4 Å². The van der Waals surface area contributed by atoms with Gasteiger partial charge in [-0.25, -0.2) is 4.98 Å². The van der Waals surface area contributed by atoms with Crippen molar-refractivity contribution in [1.29, 1.82) is 0 Å². The highest BCUT2D eigenvalue weighted by atomic mass is 15.3. The lowest BCUT2D eigenvalue weighted by Gasteiger charge is -2.08. The third kappa shape index (κ3) is 1.64. The van der Waals surface area contributed by atoms with Crippen molar-refractivity contribution in [2.45, 2.75) is 12.5 Å². The third-order valence-corrected chi connectivity index (χ3v) is 2.07. The molecule has 2 rings (SSSR count). The summed E-state index contributed by atoms with van der Waals surface area (Å²) in [6.07, 6.45) is 5.73. The molecule has 2 aromatic heterocycles. The lowest BCUT2D eigenvalue weighted by Crippen LogP contribution is -2.17. The second kappa shape index (κ2) is 3.59. The number of aromatic nitrogens is 5. The van der Waals surface area contributed by atoms with Crippen LogP contribution in [-0.4, -0.2) is 24.7 Å². The van der Waals surface area contributed by atoms with Crippen molar-refractivity contribution < 1.29 is 0 Å². The van der Waals surface area contributed by atoms with Crippen molar-refractivity contribution >= 4 is 0 Å². The first-order valence-electron chi connectivity index (χ1n) is 4.34. The number of H-pyrrole nitrogens is 1. The molecule has 0 bridgehead atoms. The Morgan fingerprint density at radius 3 is 3.07 bits per heavy atom. The molecule has 14 heavy (non-hydrogen) atoms. The molecular weight excluding hydrogens is 180 g/mol. The maximum Gasteiger partial charge on any atom is 0.149 e. The van der Waals surface area contributed by atoms with Crippen molar-refractivity contribution in [3.8, 4) is 0 Å². The normalized spacial score (nSPS) is 13.0. The second-order valence-corrected chi connectivity index (χ2v) is 3.19. The first-order chi connectivity index (χ1) is 6.77. The molecule has 3 N–H and O–H groups in total. The van der Waals surface area contributed by atoms with Gasteiger partial charge in [-0.2, -0.15) is 0 Å². The number of aromatic amines is 1. The van der Waals surface area contributed by atoms with Crippen LogP contribution in [0.3, 0.4) is 0 Å². The van der Waals surface area contributed by atoms with Gasteiger partial charge in [0.2, 0.25) is 0 Å². The number of imidazole rings is 1. The molecule has 0 amide bonds. The van der Waals surface area contributed by atoms with Crippen LogP contribution in [-0.2, 0) is 13.5 Å². The minimum atomic E-state index is -0.150. The summed E-state index contributed by atoms with van der Waals surface area (Å²) >= 11 is 0. The van der Waals surface area contributed by atoms with Crippen molar-refractivity contribution in [3.63, 3.8) is 0 Å². The quantitative estimate of drug-likeness (QED) is 0.704. The van der Waals surface area contributed by atoms with Crippen LogP contribution in [0.5, 0.6) is 0 Å². The molecule has 0 aromatic carbocycles. The largest absolute Gasteiger partial charge is 0.348 e. The topological polar surface area (TPSA) is 85.4 Å². The van der Waals surface area contributed by atoms with Gasteiger partial charge >= 0.3 is 0 Å². The van der Waals surface area contributed by atoms with Gasteiger partial charge in [-0.1, -0.05) is 0 Å². The highest BCUT2D eigenvalue weighted by molar-refractivity contribution is 5.03. The van der Waals surface area contributed by atoms with Crippen LogP contribution >= 0.6 is 0 Å². The molecule has 2 heterocycles. The molecule has 6 nitrogen and oxygen atoms in total. The molecule has 0 fully saturated rings. The predicted octanol–water partition coefficient (Wildman–Crippen LogP) is -0.219. The zero-order chi connectivity index (χ0) is 9.97. The Balaban J connectivity index is 2.10. The summed E-state index contributed by atoms with van der Waals surface area (Å²) in [7, 11) is 1.88. The van der Waals surface area contributed by atoms with E-state index in [9.17, 15) is 0 Å². The Bertz CT molecular complexity index is 390. The third-order valence-electron chi connectivity index (χ3n) is 2.07. The van der Waals surface area contributed by atoms with E-state index in [0.717, 1.165) is 11.5 Å². The Kier molecular flexibility index (Phi) is 2.28. The van der Waals surface area contributed by atoms with Gasteiger partial charge < -0.3 is 15.3 Å². The number of nitrogens with two attached hydrogens (primary N) is 1. The van der Waals surface area contributed by atoms with E-state index in [1.54, 1.807) is 18.9 Å². The van der Waals surface area contributed by atoms with Crippen LogP contribution in [0.25, 0.3) is 0 Å². The molecule has 1 atom stereocenters. The number of nitrogens with one attached hydrogen (secondary N) is 1. The molecule has 74 valence electrons. The Hall–Kier alpha value is -1.69. The van der Waals surface area contributed by atoms with Crippen LogP contribution in [0.2, 0.25) is 0 Å². The summed E-state index contributed by atoms with van der Waals surface area (Å²) in [5.74, 6) is 0.777. The molecule has 0 unspecified atom stereocenters. The molecule has 0 aliphatic carbocycles. The Labute approximate surface area is 81.2 Å². The highest BCUT2D eigenvalue weighted by Crippen LogP contribution is 2.10. The van der Waals surface area contributed by atoms with E-state index in [0.29, 0.717) is 6.42 Å². The number of rotatable bonds is 3. The first-order valence-corrected chi connectivity index (χ1v) is 4.34. The van der Waals surface area contributed by atoms with Gasteiger partial charge in [0.1, 0.15) is 12.2 Å². The fourth-order valence-electron chi connectivity index (χ4n) is 1.35. The van der Waals surface area contributed by atoms with Gasteiger partial charge in [0, 0.05) is 25.4 Å². The monoisotopic (exact) mass is 192 g/mol. The summed E-state index contributed by atoms with van der Waals surface area (Å²) in [5.41, 5.74) is 6.96. The lowest BCUT2D eigenvalue weighted by atomic mass is 10.1. The molecule has 0 radical (unpaired) electrons. The molecule has 0 saturated carbocycles. The molecule has 0 aliphatic heterocycles. The fourth-order valence-corrected chi connectivity index (χ4v) is 1.35. The van der Waals surface area contributed by atoms with Crippen LogP contribution in [0.15, 0.2) is 18.9 Å². The zero-order valence-corrected chi connectivity index (χ0v) is 7.88. The van der Waals surface area contributed by atoms with Gasteiger partial charge in [0.25, 0.3) is 0 Å². The van der Waals surface area contributed by atoms with Gasteiger partial charge in [-0.15, -0.1) is 10.2 Å². The molecule has 0 spiro atoms. The molecule has 2 aromatic rings. The summed E-state index contributed by atoms with van der Waals surface area (Å²) in [6.45, 7) is 0. The van der Waals surface area contributed by atoms with Crippen LogP contribution < -0.4 is 5.73 Å².